The first-order valence-electron chi connectivity index (χ1n) is 6.64. The van der Waals surface area contributed by atoms with Gasteiger partial charge in [0.2, 0.25) is 0 Å². The van der Waals surface area contributed by atoms with Crippen molar-refractivity contribution in [2.75, 3.05) is 5.43 Å². The Hall–Kier alpha value is -4.20. The second kappa shape index (κ2) is 7.88. The van der Waals surface area contributed by atoms with Gasteiger partial charge in [0.15, 0.2) is 0 Å². The molecule has 25 heavy (non-hydrogen) atoms. The number of hydrazone groups is 1. The van der Waals surface area contributed by atoms with Crippen LogP contribution >= 0.6 is 0 Å². The van der Waals surface area contributed by atoms with E-state index in [2.05, 4.69) is 20.8 Å². The Bertz CT molecular complexity index is 883. The Labute approximate surface area is 140 Å². The summed E-state index contributed by atoms with van der Waals surface area (Å²) in [4.78, 5) is 20.0. The highest BCUT2D eigenvalue weighted by molar-refractivity contribution is 5.97. The molecule has 0 fully saturated rings. The molecule has 124 valence electrons. The molecular formula is C14H9N7O4. The molecule has 0 heterocycles. The van der Waals surface area contributed by atoms with Crippen molar-refractivity contribution in [3.8, 4) is 6.07 Å². The van der Waals surface area contributed by atoms with Crippen LogP contribution in [0.15, 0.2) is 63.9 Å². The number of non-ortho nitro benzene ring substituents is 2. The lowest BCUT2D eigenvalue weighted by atomic mass is 10.3. The van der Waals surface area contributed by atoms with Crippen LogP contribution in [-0.4, -0.2) is 15.7 Å². The fourth-order valence-corrected chi connectivity index (χ4v) is 1.59. The number of azo groups is 1. The van der Waals surface area contributed by atoms with Crippen molar-refractivity contribution in [3.05, 3.63) is 68.8 Å². The third kappa shape index (κ3) is 4.89. The van der Waals surface area contributed by atoms with Crippen molar-refractivity contribution in [3.63, 3.8) is 0 Å². The van der Waals surface area contributed by atoms with Crippen molar-refractivity contribution in [1.29, 1.82) is 5.26 Å². The molecule has 11 nitrogen and oxygen atoms in total. The fraction of sp³-hybridized carbons (Fsp3) is 0. The van der Waals surface area contributed by atoms with Gasteiger partial charge in [0, 0.05) is 24.3 Å². The first-order chi connectivity index (χ1) is 12.0. The molecule has 2 aromatic rings. The second-order valence-corrected chi connectivity index (χ2v) is 4.44. The quantitative estimate of drug-likeness (QED) is 0.288. The summed E-state index contributed by atoms with van der Waals surface area (Å²) >= 11 is 0. The number of nitriles is 1. The zero-order valence-corrected chi connectivity index (χ0v) is 12.4. The topological polar surface area (TPSA) is 159 Å². The highest BCUT2D eigenvalue weighted by Gasteiger charge is 2.05. The molecule has 0 saturated carbocycles. The lowest BCUT2D eigenvalue weighted by Gasteiger charge is -1.99. The van der Waals surface area contributed by atoms with E-state index in [1.54, 1.807) is 6.07 Å². The molecule has 2 rings (SSSR count). The number of amidine groups is 1. The SMILES string of the molecule is N#C/C(N=Nc1ccc([N+](=O)[O-])cc1)=N\Nc1ccc([N+](=O)[O-])cc1. The van der Waals surface area contributed by atoms with Crippen LogP contribution in [0.1, 0.15) is 0 Å². The minimum Gasteiger partial charge on any atom is -0.276 e. The van der Waals surface area contributed by atoms with E-state index in [0.29, 0.717) is 11.4 Å². The monoisotopic (exact) mass is 339 g/mol. The van der Waals surface area contributed by atoms with Crippen molar-refractivity contribution in [2.24, 2.45) is 15.3 Å². The van der Waals surface area contributed by atoms with Gasteiger partial charge in [-0.05, 0) is 24.3 Å². The maximum Gasteiger partial charge on any atom is 0.270 e. The molecule has 0 radical (unpaired) electrons. The van der Waals surface area contributed by atoms with Gasteiger partial charge in [0.1, 0.15) is 6.07 Å². The van der Waals surface area contributed by atoms with E-state index in [1.807, 2.05) is 0 Å². The molecule has 0 aliphatic rings. The lowest BCUT2D eigenvalue weighted by Crippen LogP contribution is -1.96. The maximum atomic E-state index is 10.6. The Balaban J connectivity index is 2.05. The molecule has 11 heteroatoms. The molecule has 0 atom stereocenters. The fourth-order valence-electron chi connectivity index (χ4n) is 1.59. The number of hydrogen-bond donors (Lipinski definition) is 1. The van der Waals surface area contributed by atoms with Crippen molar-refractivity contribution >= 4 is 28.6 Å². The first kappa shape index (κ1) is 17.2. The van der Waals surface area contributed by atoms with Crippen molar-refractivity contribution in [2.45, 2.75) is 0 Å². The molecule has 0 spiro atoms. The Morgan fingerprint density at radius 3 is 1.96 bits per heavy atom. The molecule has 1 N–H and O–H groups in total. The van der Waals surface area contributed by atoms with Crippen LogP contribution in [0, 0.1) is 31.6 Å². The van der Waals surface area contributed by atoms with E-state index < -0.39 is 9.85 Å². The molecule has 2 aromatic carbocycles. The minimum atomic E-state index is -0.544. The normalized spacial score (nSPS) is 11.1. The van der Waals surface area contributed by atoms with Crippen molar-refractivity contribution in [1.82, 2.24) is 0 Å². The van der Waals surface area contributed by atoms with Crippen LogP contribution < -0.4 is 5.43 Å². The Kier molecular flexibility index (Phi) is 5.41. The number of nitro groups is 2. The summed E-state index contributed by atoms with van der Waals surface area (Å²) in [6, 6.07) is 12.4. The molecule has 0 aliphatic carbocycles. The molecule has 0 amide bonds. The molecule has 0 aliphatic heterocycles. The largest absolute Gasteiger partial charge is 0.276 e. The Morgan fingerprint density at radius 2 is 1.48 bits per heavy atom. The summed E-state index contributed by atoms with van der Waals surface area (Å²) in [6.45, 7) is 0. The van der Waals surface area contributed by atoms with Crippen LogP contribution in [0.4, 0.5) is 22.7 Å². The number of hydrogen-bond acceptors (Lipinski definition) is 8. The number of anilines is 1. The van der Waals surface area contributed by atoms with Gasteiger partial charge in [0.25, 0.3) is 17.2 Å². The summed E-state index contributed by atoms with van der Waals surface area (Å²) in [6.07, 6.45) is 0. The average Bonchev–Trinajstić information content (AvgIpc) is 2.62. The van der Waals surface area contributed by atoms with E-state index in [1.165, 1.54) is 48.5 Å². The van der Waals surface area contributed by atoms with Gasteiger partial charge < -0.3 is 0 Å². The van der Waals surface area contributed by atoms with Gasteiger partial charge in [-0.2, -0.15) is 5.26 Å². The summed E-state index contributed by atoms with van der Waals surface area (Å²) in [5.74, 6) is -0.295. The van der Waals surface area contributed by atoms with Gasteiger partial charge >= 0.3 is 0 Å². The van der Waals surface area contributed by atoms with Crippen LogP contribution in [0.25, 0.3) is 0 Å². The lowest BCUT2D eigenvalue weighted by molar-refractivity contribution is -0.385. The summed E-state index contributed by atoms with van der Waals surface area (Å²) < 4.78 is 0. The van der Waals surface area contributed by atoms with Gasteiger partial charge in [-0.3, -0.25) is 25.7 Å². The van der Waals surface area contributed by atoms with Crippen LogP contribution in [0.5, 0.6) is 0 Å². The van der Waals surface area contributed by atoms with Gasteiger partial charge in [0.05, 0.1) is 21.2 Å². The van der Waals surface area contributed by atoms with Gasteiger partial charge in [-0.1, -0.05) is 0 Å². The van der Waals surface area contributed by atoms with Crippen LogP contribution in [0.3, 0.4) is 0 Å². The summed E-state index contributed by atoms with van der Waals surface area (Å²) in [5, 5.41) is 41.1. The third-order valence-electron chi connectivity index (χ3n) is 2.79. The smallest absolute Gasteiger partial charge is 0.270 e. The minimum absolute atomic E-state index is 0.0760. The third-order valence-corrected chi connectivity index (χ3v) is 2.79. The molecule has 0 aromatic heterocycles. The molecule has 0 saturated heterocycles. The number of benzene rings is 2. The zero-order valence-electron chi connectivity index (χ0n) is 12.4. The molecular weight excluding hydrogens is 330 g/mol. The first-order valence-corrected chi connectivity index (χ1v) is 6.64. The van der Waals surface area contributed by atoms with Crippen LogP contribution in [0.2, 0.25) is 0 Å². The number of nitrogens with zero attached hydrogens (tertiary/aromatic N) is 6. The number of nitrogens with one attached hydrogen (secondary N) is 1. The maximum absolute atomic E-state index is 10.6. The van der Waals surface area contributed by atoms with E-state index in [9.17, 15) is 20.2 Å². The van der Waals surface area contributed by atoms with Gasteiger partial charge in [-0.25, -0.2) is 0 Å². The van der Waals surface area contributed by atoms with E-state index in [0.717, 1.165) is 0 Å². The Morgan fingerprint density at radius 1 is 0.960 bits per heavy atom. The summed E-state index contributed by atoms with van der Waals surface area (Å²) in [7, 11) is 0. The molecule has 0 unspecified atom stereocenters. The second-order valence-electron chi connectivity index (χ2n) is 4.44. The predicted octanol–water partition coefficient (Wildman–Crippen LogP) is 3.54. The highest BCUT2D eigenvalue weighted by Crippen LogP contribution is 2.18. The molecule has 0 bridgehead atoms. The highest BCUT2D eigenvalue weighted by atomic mass is 16.6. The predicted molar refractivity (Wildman–Crippen MR) is 87.4 cm³/mol. The average molecular weight is 339 g/mol. The number of nitro benzene ring substituents is 2. The van der Waals surface area contributed by atoms with Crippen LogP contribution in [-0.2, 0) is 0 Å². The summed E-state index contributed by atoms with van der Waals surface area (Å²) in [5.41, 5.74) is 3.09. The van der Waals surface area contributed by atoms with E-state index in [4.69, 9.17) is 5.26 Å². The van der Waals surface area contributed by atoms with Crippen molar-refractivity contribution < 1.29 is 9.85 Å². The number of rotatable bonds is 5. The van der Waals surface area contributed by atoms with E-state index in [-0.39, 0.29) is 17.2 Å². The van der Waals surface area contributed by atoms with E-state index >= 15 is 0 Å². The zero-order chi connectivity index (χ0) is 18.2. The standard InChI is InChI=1S/C14H9N7O4/c15-9-14(18-16-10-1-5-12(6-2-10)20(22)23)19-17-11-3-7-13(8-4-11)21(24)25/h1-8,16H/b18-14+,19-17?. The van der Waals surface area contributed by atoms with Gasteiger partial charge in [-0.15, -0.1) is 15.3 Å².